The maximum absolute atomic E-state index is 9.36. The summed E-state index contributed by atoms with van der Waals surface area (Å²) in [5, 5.41) is 9.36. The van der Waals surface area contributed by atoms with Crippen molar-refractivity contribution < 1.29 is 5.11 Å². The van der Waals surface area contributed by atoms with E-state index in [1.807, 2.05) is 12.1 Å². The van der Waals surface area contributed by atoms with Crippen LogP contribution < -0.4 is 5.73 Å². The number of fused-ring (bicyclic) bond motifs is 1. The topological polar surface area (TPSA) is 46.2 Å². The lowest BCUT2D eigenvalue weighted by molar-refractivity contribution is 0.474. The van der Waals surface area contributed by atoms with Gasteiger partial charge in [0, 0.05) is 6.04 Å². The van der Waals surface area contributed by atoms with Crippen LogP contribution in [0.5, 0.6) is 5.75 Å². The van der Waals surface area contributed by atoms with Crippen LogP contribution in [0.2, 0.25) is 0 Å². The Hall–Kier alpha value is -1.02. The van der Waals surface area contributed by atoms with Crippen LogP contribution in [0.4, 0.5) is 0 Å². The Kier molecular flexibility index (Phi) is 2.46. The molecule has 0 amide bonds. The zero-order valence-corrected chi connectivity index (χ0v) is 8.53. The van der Waals surface area contributed by atoms with Crippen LogP contribution in [0, 0.1) is 0 Å². The Morgan fingerprint density at radius 1 is 1.50 bits per heavy atom. The van der Waals surface area contributed by atoms with Gasteiger partial charge in [-0.25, -0.2) is 0 Å². The summed E-state index contributed by atoms with van der Waals surface area (Å²) in [5.74, 6) is 0.851. The fourth-order valence-corrected chi connectivity index (χ4v) is 2.44. The predicted molar refractivity (Wildman–Crippen MR) is 57.4 cm³/mol. The van der Waals surface area contributed by atoms with Crippen molar-refractivity contribution >= 4 is 0 Å². The third-order valence-electron chi connectivity index (χ3n) is 3.10. The first-order valence-electron chi connectivity index (χ1n) is 5.29. The SMILES string of the molecule is CCCC1c2ccc(O)cc2CC1N. The molecule has 3 N–H and O–H groups in total. The molecule has 2 atom stereocenters. The van der Waals surface area contributed by atoms with Gasteiger partial charge in [-0.3, -0.25) is 0 Å². The Labute approximate surface area is 84.7 Å². The Morgan fingerprint density at radius 3 is 3.00 bits per heavy atom. The summed E-state index contributed by atoms with van der Waals surface area (Å²) in [6.45, 7) is 2.19. The molecule has 1 aromatic rings. The van der Waals surface area contributed by atoms with Gasteiger partial charge >= 0.3 is 0 Å². The van der Waals surface area contributed by atoms with Gasteiger partial charge < -0.3 is 10.8 Å². The van der Waals surface area contributed by atoms with Gasteiger partial charge in [-0.05, 0) is 42.0 Å². The number of rotatable bonds is 2. The zero-order chi connectivity index (χ0) is 10.1. The van der Waals surface area contributed by atoms with Crippen LogP contribution in [-0.2, 0) is 6.42 Å². The molecule has 2 unspecified atom stereocenters. The fraction of sp³-hybridized carbons (Fsp3) is 0.500. The minimum Gasteiger partial charge on any atom is -0.508 e. The van der Waals surface area contributed by atoms with E-state index < -0.39 is 0 Å². The molecule has 2 rings (SSSR count). The van der Waals surface area contributed by atoms with E-state index in [0.29, 0.717) is 11.7 Å². The van der Waals surface area contributed by atoms with E-state index in [1.165, 1.54) is 17.5 Å². The maximum Gasteiger partial charge on any atom is 0.115 e. The zero-order valence-electron chi connectivity index (χ0n) is 8.53. The van der Waals surface area contributed by atoms with Crippen LogP contribution >= 0.6 is 0 Å². The van der Waals surface area contributed by atoms with Gasteiger partial charge in [-0.15, -0.1) is 0 Å². The number of benzene rings is 1. The second kappa shape index (κ2) is 3.62. The molecule has 2 heteroatoms. The van der Waals surface area contributed by atoms with Gasteiger partial charge in [0.2, 0.25) is 0 Å². The van der Waals surface area contributed by atoms with Gasteiger partial charge in [0.15, 0.2) is 0 Å². The molecule has 1 aliphatic rings. The molecule has 1 aromatic carbocycles. The number of aromatic hydroxyl groups is 1. The van der Waals surface area contributed by atoms with Gasteiger partial charge in [-0.2, -0.15) is 0 Å². The first-order valence-corrected chi connectivity index (χ1v) is 5.29. The molecule has 0 saturated heterocycles. The number of hydrogen-bond donors (Lipinski definition) is 2. The molecule has 0 fully saturated rings. The molecular formula is C12H17NO. The molecule has 2 nitrogen and oxygen atoms in total. The van der Waals surface area contributed by atoms with Gasteiger partial charge in [0.1, 0.15) is 5.75 Å². The maximum atomic E-state index is 9.36. The summed E-state index contributed by atoms with van der Waals surface area (Å²) in [6, 6.07) is 5.88. The van der Waals surface area contributed by atoms with Crippen molar-refractivity contribution in [2.45, 2.75) is 38.1 Å². The van der Waals surface area contributed by atoms with Crippen LogP contribution in [0.3, 0.4) is 0 Å². The van der Waals surface area contributed by atoms with E-state index >= 15 is 0 Å². The molecule has 0 heterocycles. The van der Waals surface area contributed by atoms with Crippen molar-refractivity contribution in [3.05, 3.63) is 29.3 Å². The van der Waals surface area contributed by atoms with Crippen molar-refractivity contribution in [2.75, 3.05) is 0 Å². The quantitative estimate of drug-likeness (QED) is 0.752. The second-order valence-electron chi connectivity index (χ2n) is 4.15. The van der Waals surface area contributed by atoms with E-state index in [9.17, 15) is 5.11 Å². The van der Waals surface area contributed by atoms with E-state index in [-0.39, 0.29) is 6.04 Å². The normalized spacial score (nSPS) is 25.0. The highest BCUT2D eigenvalue weighted by atomic mass is 16.3. The van der Waals surface area contributed by atoms with Gasteiger partial charge in [0.05, 0.1) is 0 Å². The van der Waals surface area contributed by atoms with E-state index in [0.717, 1.165) is 12.8 Å². The Morgan fingerprint density at radius 2 is 2.29 bits per heavy atom. The largest absolute Gasteiger partial charge is 0.508 e. The van der Waals surface area contributed by atoms with Crippen molar-refractivity contribution in [1.82, 2.24) is 0 Å². The lowest BCUT2D eigenvalue weighted by atomic mass is 9.94. The van der Waals surface area contributed by atoms with Crippen molar-refractivity contribution in [3.63, 3.8) is 0 Å². The first-order chi connectivity index (χ1) is 6.72. The summed E-state index contributed by atoms with van der Waals surface area (Å²) < 4.78 is 0. The second-order valence-corrected chi connectivity index (χ2v) is 4.15. The van der Waals surface area contributed by atoms with E-state index in [1.54, 1.807) is 6.07 Å². The summed E-state index contributed by atoms with van der Waals surface area (Å²) in [5.41, 5.74) is 8.66. The lowest BCUT2D eigenvalue weighted by Crippen LogP contribution is -2.24. The average Bonchev–Trinajstić information content (AvgIpc) is 2.43. The fourth-order valence-electron chi connectivity index (χ4n) is 2.44. The predicted octanol–water partition coefficient (Wildman–Crippen LogP) is 2.16. The summed E-state index contributed by atoms with van der Waals surface area (Å²) in [7, 11) is 0. The number of phenols is 1. The highest BCUT2D eigenvalue weighted by Crippen LogP contribution is 2.36. The summed E-state index contributed by atoms with van der Waals surface area (Å²) in [4.78, 5) is 0. The Balaban J connectivity index is 2.33. The molecular weight excluding hydrogens is 174 g/mol. The van der Waals surface area contributed by atoms with E-state index in [2.05, 4.69) is 6.92 Å². The molecule has 0 spiro atoms. The third kappa shape index (κ3) is 1.50. The van der Waals surface area contributed by atoms with E-state index in [4.69, 9.17) is 5.73 Å². The molecule has 0 aliphatic heterocycles. The first kappa shape index (κ1) is 9.53. The smallest absolute Gasteiger partial charge is 0.115 e. The Bertz CT molecular complexity index is 335. The van der Waals surface area contributed by atoms with Crippen LogP contribution in [0.1, 0.15) is 36.8 Å². The highest BCUT2D eigenvalue weighted by molar-refractivity contribution is 5.42. The molecule has 76 valence electrons. The minimum absolute atomic E-state index is 0.242. The summed E-state index contributed by atoms with van der Waals surface area (Å²) in [6.07, 6.45) is 3.23. The van der Waals surface area contributed by atoms with Gasteiger partial charge in [-0.1, -0.05) is 19.4 Å². The number of nitrogens with two attached hydrogens (primary N) is 1. The third-order valence-corrected chi connectivity index (χ3v) is 3.10. The van der Waals surface area contributed by atoms with Crippen molar-refractivity contribution in [1.29, 1.82) is 0 Å². The molecule has 14 heavy (non-hydrogen) atoms. The monoisotopic (exact) mass is 191 g/mol. The van der Waals surface area contributed by atoms with Gasteiger partial charge in [0.25, 0.3) is 0 Å². The number of hydrogen-bond acceptors (Lipinski definition) is 2. The lowest BCUT2D eigenvalue weighted by Gasteiger charge is -2.15. The van der Waals surface area contributed by atoms with Crippen molar-refractivity contribution in [3.8, 4) is 5.75 Å². The molecule has 0 bridgehead atoms. The van der Waals surface area contributed by atoms with Crippen LogP contribution in [0.15, 0.2) is 18.2 Å². The highest BCUT2D eigenvalue weighted by Gasteiger charge is 2.28. The standard InChI is InChI=1S/C12H17NO/c1-2-3-11-10-5-4-9(14)6-8(10)7-12(11)13/h4-6,11-12,14H,2-3,7,13H2,1H3. The molecule has 0 radical (unpaired) electrons. The van der Waals surface area contributed by atoms with Crippen LogP contribution in [0.25, 0.3) is 0 Å². The van der Waals surface area contributed by atoms with Crippen molar-refractivity contribution in [2.24, 2.45) is 5.73 Å². The summed E-state index contributed by atoms with van der Waals surface area (Å²) >= 11 is 0. The molecule has 0 aromatic heterocycles. The average molecular weight is 191 g/mol. The molecule has 0 saturated carbocycles. The van der Waals surface area contributed by atoms with Crippen LogP contribution in [-0.4, -0.2) is 11.1 Å². The molecule has 1 aliphatic carbocycles. The minimum atomic E-state index is 0.242. The number of phenolic OH excluding ortho intramolecular Hbond substituents is 1.